The summed E-state index contributed by atoms with van der Waals surface area (Å²) < 4.78 is 1.81. The van der Waals surface area contributed by atoms with Crippen LogP contribution in [0.25, 0.3) is 11.0 Å². The zero-order chi connectivity index (χ0) is 17.1. The van der Waals surface area contributed by atoms with Crippen molar-refractivity contribution in [3.8, 4) is 0 Å². The Morgan fingerprint density at radius 2 is 1.91 bits per heavy atom. The van der Waals surface area contributed by atoms with Crippen molar-refractivity contribution in [2.24, 2.45) is 11.7 Å². The maximum atomic E-state index is 12.3. The van der Waals surface area contributed by atoms with E-state index in [1.165, 1.54) is 0 Å². The Morgan fingerprint density at radius 3 is 2.48 bits per heavy atom. The predicted octanol–water partition coefficient (Wildman–Crippen LogP) is 1.64. The average molecular weight is 318 g/mol. The lowest BCUT2D eigenvalue weighted by molar-refractivity contribution is -0.118. The minimum atomic E-state index is -0.731. The number of fused-ring (bicyclic) bond motifs is 1. The number of primary amides is 1. The molecule has 8 nitrogen and oxygen atoms in total. The van der Waals surface area contributed by atoms with Crippen LogP contribution in [0.4, 0.5) is 10.5 Å². The van der Waals surface area contributed by atoms with E-state index in [1.807, 2.05) is 32.4 Å². The number of hydrogen-bond donors (Lipinski definition) is 3. The number of hydrogen-bond acceptors (Lipinski definition) is 4. The molecular formula is C15H22N6O2. The van der Waals surface area contributed by atoms with Gasteiger partial charge in [0.1, 0.15) is 6.04 Å². The highest BCUT2D eigenvalue weighted by Crippen LogP contribution is 2.19. The van der Waals surface area contributed by atoms with Crippen molar-refractivity contribution in [1.29, 1.82) is 0 Å². The van der Waals surface area contributed by atoms with Gasteiger partial charge in [0.25, 0.3) is 0 Å². The minimum absolute atomic E-state index is 0.0946. The summed E-state index contributed by atoms with van der Waals surface area (Å²) in [6, 6.07) is 0.561. The maximum absolute atomic E-state index is 12.3. The number of pyridine rings is 1. The van der Waals surface area contributed by atoms with Gasteiger partial charge in [-0.3, -0.25) is 4.79 Å². The van der Waals surface area contributed by atoms with Crippen LogP contribution in [0.3, 0.4) is 0 Å². The van der Waals surface area contributed by atoms with Crippen LogP contribution in [-0.2, 0) is 4.79 Å². The molecular weight excluding hydrogens is 296 g/mol. The fraction of sp³-hybridized carbons (Fsp3) is 0.467. The third-order valence-electron chi connectivity index (χ3n) is 3.44. The second kappa shape index (κ2) is 6.64. The Balaban J connectivity index is 2.20. The molecule has 2 rings (SSSR count). The first-order valence-electron chi connectivity index (χ1n) is 7.49. The summed E-state index contributed by atoms with van der Waals surface area (Å²) >= 11 is 0. The molecule has 1 atom stereocenters. The lowest BCUT2D eigenvalue weighted by Crippen LogP contribution is -2.49. The van der Waals surface area contributed by atoms with Crippen LogP contribution in [0.1, 0.15) is 33.7 Å². The Morgan fingerprint density at radius 1 is 1.22 bits per heavy atom. The van der Waals surface area contributed by atoms with Gasteiger partial charge >= 0.3 is 6.03 Å². The van der Waals surface area contributed by atoms with Crippen LogP contribution < -0.4 is 16.4 Å². The smallest absolute Gasteiger partial charge is 0.312 e. The molecule has 0 radical (unpaired) electrons. The number of urea groups is 1. The molecule has 23 heavy (non-hydrogen) atoms. The van der Waals surface area contributed by atoms with Gasteiger partial charge < -0.3 is 16.4 Å². The first-order chi connectivity index (χ1) is 10.8. The molecule has 3 amide bonds. The third kappa shape index (κ3) is 3.77. The van der Waals surface area contributed by atoms with Crippen molar-refractivity contribution in [3.63, 3.8) is 0 Å². The van der Waals surface area contributed by atoms with Crippen molar-refractivity contribution < 1.29 is 9.59 Å². The third-order valence-corrected chi connectivity index (χ3v) is 3.44. The molecule has 0 aromatic carbocycles. The molecule has 0 unspecified atom stereocenters. The summed E-state index contributed by atoms with van der Waals surface area (Å²) in [6.07, 6.45) is 3.28. The lowest BCUT2D eigenvalue weighted by Gasteiger charge is -2.20. The van der Waals surface area contributed by atoms with Gasteiger partial charge in [-0.1, -0.05) is 13.8 Å². The fourth-order valence-electron chi connectivity index (χ4n) is 2.29. The van der Waals surface area contributed by atoms with Crippen LogP contribution in [0.2, 0.25) is 0 Å². The minimum Gasteiger partial charge on any atom is -0.352 e. The van der Waals surface area contributed by atoms with Gasteiger partial charge in [-0.15, -0.1) is 0 Å². The number of nitrogens with two attached hydrogens (primary N) is 1. The van der Waals surface area contributed by atoms with Crippen molar-refractivity contribution >= 4 is 28.7 Å². The van der Waals surface area contributed by atoms with Crippen molar-refractivity contribution in [3.05, 3.63) is 18.5 Å². The van der Waals surface area contributed by atoms with Gasteiger partial charge in [0, 0.05) is 11.4 Å². The highest BCUT2D eigenvalue weighted by atomic mass is 16.2. The Hall–Kier alpha value is -2.64. The number of carbonyl (C=O) groups excluding carboxylic acids is 2. The van der Waals surface area contributed by atoms with Gasteiger partial charge in [-0.2, -0.15) is 5.10 Å². The van der Waals surface area contributed by atoms with E-state index in [-0.39, 0.29) is 17.9 Å². The second-order valence-electron chi connectivity index (χ2n) is 6.04. The van der Waals surface area contributed by atoms with Gasteiger partial charge in [0.2, 0.25) is 5.91 Å². The van der Waals surface area contributed by atoms with Gasteiger partial charge in [-0.05, 0) is 25.8 Å². The highest BCUT2D eigenvalue weighted by molar-refractivity contribution is 5.98. The Bertz CT molecular complexity index is 722. The molecule has 0 bridgehead atoms. The quantitative estimate of drug-likeness (QED) is 0.777. The molecule has 0 saturated carbocycles. The lowest BCUT2D eigenvalue weighted by atomic mass is 10.0. The van der Waals surface area contributed by atoms with Gasteiger partial charge in [-0.25, -0.2) is 14.5 Å². The van der Waals surface area contributed by atoms with Crippen LogP contribution in [-0.4, -0.2) is 32.7 Å². The van der Waals surface area contributed by atoms with Gasteiger partial charge in [0.15, 0.2) is 5.65 Å². The molecule has 2 heterocycles. The first-order valence-corrected chi connectivity index (χ1v) is 7.49. The van der Waals surface area contributed by atoms with Crippen molar-refractivity contribution in [2.75, 3.05) is 5.32 Å². The number of amides is 3. The molecule has 4 N–H and O–H groups in total. The van der Waals surface area contributed by atoms with E-state index in [0.29, 0.717) is 5.69 Å². The molecule has 0 saturated heterocycles. The summed E-state index contributed by atoms with van der Waals surface area (Å²) in [4.78, 5) is 27.7. The summed E-state index contributed by atoms with van der Waals surface area (Å²) in [5.41, 5.74) is 6.42. The second-order valence-corrected chi connectivity index (χ2v) is 6.04. The molecule has 0 spiro atoms. The van der Waals surface area contributed by atoms with Crippen LogP contribution in [0, 0.1) is 5.92 Å². The van der Waals surface area contributed by atoms with E-state index in [1.54, 1.807) is 18.5 Å². The molecule has 2 aromatic rings. The zero-order valence-corrected chi connectivity index (χ0v) is 13.7. The SMILES string of the molecule is CC(C)[C@@H](NC(N)=O)C(=O)Nc1cnc2c(cnn2C(C)C)c1. The predicted molar refractivity (Wildman–Crippen MR) is 87.9 cm³/mol. The van der Waals surface area contributed by atoms with Crippen LogP contribution >= 0.6 is 0 Å². The molecule has 0 fully saturated rings. The van der Waals surface area contributed by atoms with Crippen LogP contribution in [0.5, 0.6) is 0 Å². The Kier molecular flexibility index (Phi) is 4.83. The normalized spacial score (nSPS) is 12.6. The number of anilines is 1. The summed E-state index contributed by atoms with van der Waals surface area (Å²) in [5, 5.41) is 10.3. The highest BCUT2D eigenvalue weighted by Gasteiger charge is 2.23. The van der Waals surface area contributed by atoms with Crippen molar-refractivity contribution in [2.45, 2.75) is 39.8 Å². The van der Waals surface area contributed by atoms with E-state index >= 15 is 0 Å². The molecule has 2 aromatic heterocycles. The van der Waals surface area contributed by atoms with Crippen molar-refractivity contribution in [1.82, 2.24) is 20.1 Å². The standard InChI is InChI=1S/C15H22N6O2/c1-8(2)12(20-15(16)23)14(22)19-11-5-10-6-18-21(9(3)4)13(10)17-7-11/h5-9,12H,1-4H3,(H,19,22)(H3,16,20,23)/t12-/m1/s1. The molecule has 124 valence electrons. The van der Waals surface area contributed by atoms with Crippen LogP contribution in [0.15, 0.2) is 18.5 Å². The maximum Gasteiger partial charge on any atom is 0.312 e. The summed E-state index contributed by atoms with van der Waals surface area (Å²) in [6.45, 7) is 7.70. The first kappa shape index (κ1) is 16.7. The largest absolute Gasteiger partial charge is 0.352 e. The average Bonchev–Trinajstić information content (AvgIpc) is 2.87. The van der Waals surface area contributed by atoms with E-state index in [4.69, 9.17) is 5.73 Å². The summed E-state index contributed by atoms with van der Waals surface area (Å²) in [5.74, 6) is -0.431. The molecule has 8 heteroatoms. The van der Waals surface area contributed by atoms with Gasteiger partial charge in [0.05, 0.1) is 18.1 Å². The summed E-state index contributed by atoms with van der Waals surface area (Å²) in [7, 11) is 0. The van der Waals surface area contributed by atoms with E-state index in [2.05, 4.69) is 20.7 Å². The number of rotatable bonds is 5. The molecule has 0 aliphatic rings. The van der Waals surface area contributed by atoms with E-state index in [9.17, 15) is 9.59 Å². The zero-order valence-electron chi connectivity index (χ0n) is 13.7. The number of aromatic nitrogens is 3. The fourth-order valence-corrected chi connectivity index (χ4v) is 2.29. The topological polar surface area (TPSA) is 115 Å². The number of nitrogens with zero attached hydrogens (tertiary/aromatic N) is 3. The van der Waals surface area contributed by atoms with E-state index in [0.717, 1.165) is 11.0 Å². The number of nitrogens with one attached hydrogen (secondary N) is 2. The van der Waals surface area contributed by atoms with E-state index < -0.39 is 12.1 Å². The molecule has 0 aliphatic carbocycles. The Labute approximate surface area is 134 Å². The number of carbonyl (C=O) groups is 2. The molecule has 0 aliphatic heterocycles. The monoisotopic (exact) mass is 318 g/mol.